The molecule has 0 saturated carbocycles. The maximum atomic E-state index is 5.71. The Hall–Kier alpha value is -1.25. The molecule has 3 nitrogen and oxygen atoms in total. The molecule has 0 bridgehead atoms. The van der Waals surface area contributed by atoms with Crippen LogP contribution in [0.25, 0.3) is 0 Å². The lowest BCUT2D eigenvalue weighted by Crippen LogP contribution is -2.31. The van der Waals surface area contributed by atoms with Crippen LogP contribution in [-0.2, 0) is 6.42 Å². The van der Waals surface area contributed by atoms with Crippen LogP contribution in [0.1, 0.15) is 32.8 Å². The molecule has 16 heavy (non-hydrogen) atoms. The summed E-state index contributed by atoms with van der Waals surface area (Å²) in [6.45, 7) is 7.91. The fraction of sp³-hybridized carbons (Fsp3) is 0.615. The van der Waals surface area contributed by atoms with Crippen molar-refractivity contribution in [3.63, 3.8) is 0 Å². The Labute approximate surface area is 97.5 Å². The summed E-state index contributed by atoms with van der Waals surface area (Å²) in [5.74, 6) is 2.25. The van der Waals surface area contributed by atoms with E-state index in [1.54, 1.807) is 0 Å². The van der Waals surface area contributed by atoms with Crippen molar-refractivity contribution in [1.82, 2.24) is 4.98 Å². The number of hydrogen-bond acceptors (Lipinski definition) is 3. The minimum absolute atomic E-state index is 0.343. The highest BCUT2D eigenvalue weighted by Crippen LogP contribution is 2.36. The number of rotatable bonds is 1. The van der Waals surface area contributed by atoms with E-state index >= 15 is 0 Å². The molecule has 0 spiro atoms. The summed E-state index contributed by atoms with van der Waals surface area (Å²) in [5, 5.41) is 3.45. The van der Waals surface area contributed by atoms with Gasteiger partial charge in [0.1, 0.15) is 11.6 Å². The molecule has 2 heterocycles. The second kappa shape index (κ2) is 3.96. The Kier molecular flexibility index (Phi) is 2.78. The van der Waals surface area contributed by atoms with Crippen LogP contribution in [0.15, 0.2) is 12.1 Å². The number of pyridine rings is 1. The molecule has 1 aromatic heterocycles. The lowest BCUT2D eigenvalue weighted by atomic mass is 9.75. The molecule has 3 heteroatoms. The Bertz CT molecular complexity index is 387. The van der Waals surface area contributed by atoms with E-state index in [0.717, 1.165) is 18.8 Å². The molecular formula is C13H21N3. The fourth-order valence-electron chi connectivity index (χ4n) is 2.14. The molecule has 2 rings (SSSR count). The van der Waals surface area contributed by atoms with Crippen LogP contribution >= 0.6 is 0 Å². The molecule has 1 aromatic rings. The summed E-state index contributed by atoms with van der Waals surface area (Å²) >= 11 is 0. The molecule has 88 valence electrons. The molecule has 0 radical (unpaired) electrons. The molecule has 1 aliphatic heterocycles. The van der Waals surface area contributed by atoms with Crippen LogP contribution in [0.2, 0.25) is 0 Å². The predicted octanol–water partition coefficient (Wildman–Crippen LogP) is 2.68. The molecule has 1 aliphatic rings. The topological polar surface area (TPSA) is 50.9 Å². The first-order valence-electron chi connectivity index (χ1n) is 6.00. The third-order valence-corrected chi connectivity index (χ3v) is 4.02. The van der Waals surface area contributed by atoms with Crippen LogP contribution in [0, 0.1) is 11.3 Å². The van der Waals surface area contributed by atoms with Gasteiger partial charge in [-0.2, -0.15) is 0 Å². The maximum absolute atomic E-state index is 5.71. The minimum atomic E-state index is 0.343. The Balaban J connectivity index is 2.25. The summed E-state index contributed by atoms with van der Waals surface area (Å²) < 4.78 is 0. The molecule has 1 atom stereocenters. The fourth-order valence-corrected chi connectivity index (χ4v) is 2.14. The summed E-state index contributed by atoms with van der Waals surface area (Å²) in [6.07, 6.45) is 2.29. The molecule has 1 unspecified atom stereocenters. The quantitative estimate of drug-likeness (QED) is 0.763. The highest BCUT2D eigenvalue weighted by atomic mass is 15.0. The van der Waals surface area contributed by atoms with Crippen molar-refractivity contribution in [2.45, 2.75) is 33.6 Å². The molecular weight excluding hydrogens is 198 g/mol. The normalized spacial score (nSPS) is 24.8. The average Bonchev–Trinajstić information content (AvgIpc) is 2.40. The van der Waals surface area contributed by atoms with Crippen LogP contribution in [0.4, 0.5) is 11.6 Å². The van der Waals surface area contributed by atoms with E-state index in [2.05, 4.69) is 37.1 Å². The first-order valence-corrected chi connectivity index (χ1v) is 6.00. The smallest absolute Gasteiger partial charge is 0.131 e. The average molecular weight is 219 g/mol. The van der Waals surface area contributed by atoms with Gasteiger partial charge in [0.15, 0.2) is 0 Å². The third kappa shape index (κ3) is 1.99. The third-order valence-electron chi connectivity index (χ3n) is 4.02. The van der Waals surface area contributed by atoms with Gasteiger partial charge in [-0.15, -0.1) is 0 Å². The van der Waals surface area contributed by atoms with Gasteiger partial charge in [-0.3, -0.25) is 0 Å². The monoisotopic (exact) mass is 219 g/mol. The molecule has 3 N–H and O–H groups in total. The molecule has 0 aromatic carbocycles. The largest absolute Gasteiger partial charge is 0.384 e. The number of nitrogen functional groups attached to an aromatic ring is 1. The van der Waals surface area contributed by atoms with E-state index in [1.165, 1.54) is 12.0 Å². The van der Waals surface area contributed by atoms with E-state index in [4.69, 9.17) is 5.73 Å². The predicted molar refractivity (Wildman–Crippen MR) is 68.4 cm³/mol. The molecule has 0 aliphatic carbocycles. The summed E-state index contributed by atoms with van der Waals surface area (Å²) in [4.78, 5) is 4.37. The highest BCUT2D eigenvalue weighted by molar-refractivity contribution is 5.50. The Morgan fingerprint density at radius 1 is 1.44 bits per heavy atom. The molecule has 0 amide bonds. The van der Waals surface area contributed by atoms with Gasteiger partial charge in [-0.1, -0.05) is 26.8 Å². The van der Waals surface area contributed by atoms with Crippen molar-refractivity contribution in [3.05, 3.63) is 17.7 Å². The first kappa shape index (κ1) is 11.2. The SMILES string of the molecule is CC(C)C1(C)CCc2ccc(N)nc2NC1. The highest BCUT2D eigenvalue weighted by Gasteiger charge is 2.30. The lowest BCUT2D eigenvalue weighted by Gasteiger charge is -2.32. The van der Waals surface area contributed by atoms with Crippen molar-refractivity contribution in [3.8, 4) is 0 Å². The number of hydrogen-bond donors (Lipinski definition) is 2. The van der Waals surface area contributed by atoms with Gasteiger partial charge in [-0.05, 0) is 35.8 Å². The van der Waals surface area contributed by atoms with E-state index in [-0.39, 0.29) is 0 Å². The zero-order valence-electron chi connectivity index (χ0n) is 10.4. The van der Waals surface area contributed by atoms with Crippen LogP contribution in [0.5, 0.6) is 0 Å². The summed E-state index contributed by atoms with van der Waals surface area (Å²) in [5.41, 5.74) is 7.34. The van der Waals surface area contributed by atoms with Gasteiger partial charge in [-0.25, -0.2) is 4.98 Å². The first-order chi connectivity index (χ1) is 7.51. The van der Waals surface area contributed by atoms with Crippen molar-refractivity contribution in [2.24, 2.45) is 11.3 Å². The van der Waals surface area contributed by atoms with Crippen molar-refractivity contribution in [2.75, 3.05) is 17.6 Å². The minimum Gasteiger partial charge on any atom is -0.384 e. The van der Waals surface area contributed by atoms with Gasteiger partial charge in [0.25, 0.3) is 0 Å². The van der Waals surface area contributed by atoms with Gasteiger partial charge in [0.05, 0.1) is 0 Å². The van der Waals surface area contributed by atoms with E-state index in [0.29, 0.717) is 17.2 Å². The standard InChI is InChI=1S/C13H21N3/c1-9(2)13(3)7-6-10-4-5-11(14)16-12(10)15-8-13/h4-5,9H,6-8H2,1-3H3,(H3,14,15,16). The van der Waals surface area contributed by atoms with E-state index in [1.807, 2.05) is 6.07 Å². The Morgan fingerprint density at radius 3 is 2.88 bits per heavy atom. The van der Waals surface area contributed by atoms with Crippen molar-refractivity contribution < 1.29 is 0 Å². The second-order valence-corrected chi connectivity index (χ2v) is 5.41. The zero-order valence-corrected chi connectivity index (χ0v) is 10.4. The number of nitrogens with one attached hydrogen (secondary N) is 1. The van der Waals surface area contributed by atoms with E-state index < -0.39 is 0 Å². The summed E-state index contributed by atoms with van der Waals surface area (Å²) in [7, 11) is 0. The van der Waals surface area contributed by atoms with Gasteiger partial charge in [0.2, 0.25) is 0 Å². The number of nitrogens with two attached hydrogens (primary N) is 1. The zero-order chi connectivity index (χ0) is 11.8. The number of anilines is 2. The van der Waals surface area contributed by atoms with Crippen LogP contribution in [-0.4, -0.2) is 11.5 Å². The van der Waals surface area contributed by atoms with Crippen molar-refractivity contribution >= 4 is 11.6 Å². The van der Waals surface area contributed by atoms with E-state index in [9.17, 15) is 0 Å². The molecule has 0 saturated heterocycles. The number of fused-ring (bicyclic) bond motifs is 1. The molecule has 0 fully saturated rings. The number of aromatic nitrogens is 1. The lowest BCUT2D eigenvalue weighted by molar-refractivity contribution is 0.221. The number of nitrogens with zero attached hydrogens (tertiary/aromatic N) is 1. The van der Waals surface area contributed by atoms with Crippen LogP contribution in [0.3, 0.4) is 0 Å². The van der Waals surface area contributed by atoms with Crippen molar-refractivity contribution in [1.29, 1.82) is 0 Å². The second-order valence-electron chi connectivity index (χ2n) is 5.41. The number of aryl methyl sites for hydroxylation is 1. The van der Waals surface area contributed by atoms with Gasteiger partial charge >= 0.3 is 0 Å². The Morgan fingerprint density at radius 2 is 2.19 bits per heavy atom. The maximum Gasteiger partial charge on any atom is 0.131 e. The van der Waals surface area contributed by atoms with Gasteiger partial charge < -0.3 is 11.1 Å². The van der Waals surface area contributed by atoms with Crippen LogP contribution < -0.4 is 11.1 Å². The summed E-state index contributed by atoms with van der Waals surface area (Å²) in [6, 6.07) is 3.98. The van der Waals surface area contributed by atoms with Gasteiger partial charge in [0, 0.05) is 6.54 Å².